The zero-order valence-corrected chi connectivity index (χ0v) is 11.1. The van der Waals surface area contributed by atoms with Gasteiger partial charge in [-0.3, -0.25) is 0 Å². The Hall–Kier alpha value is 0.700. The lowest BCUT2D eigenvalue weighted by atomic mass is 10.1. The van der Waals surface area contributed by atoms with Gasteiger partial charge in [0.15, 0.2) is 0 Å². The fourth-order valence-electron chi connectivity index (χ4n) is 1.84. The summed E-state index contributed by atoms with van der Waals surface area (Å²) in [5.74, 6) is 2.79. The van der Waals surface area contributed by atoms with Gasteiger partial charge in [0.1, 0.15) is 0 Å². The fourth-order valence-corrected chi connectivity index (χ4v) is 4.77. The van der Waals surface area contributed by atoms with E-state index >= 15 is 0 Å². The molecule has 1 rings (SSSR count). The van der Waals surface area contributed by atoms with Crippen molar-refractivity contribution in [3.05, 3.63) is 0 Å². The molecule has 0 nitrogen and oxygen atoms in total. The summed E-state index contributed by atoms with van der Waals surface area (Å²) in [7, 11) is 0. The van der Waals surface area contributed by atoms with Crippen LogP contribution in [0, 0.1) is 0 Å². The first-order valence-electron chi connectivity index (χ1n) is 6.16. The average molecular weight is 232 g/mol. The summed E-state index contributed by atoms with van der Waals surface area (Å²) in [6, 6.07) is 0. The summed E-state index contributed by atoms with van der Waals surface area (Å²) in [5.41, 5.74) is 0. The lowest BCUT2D eigenvalue weighted by molar-refractivity contribution is 0.584. The van der Waals surface area contributed by atoms with E-state index in [1.807, 2.05) is 0 Å². The van der Waals surface area contributed by atoms with Gasteiger partial charge in [0.05, 0.1) is 4.58 Å². The maximum absolute atomic E-state index is 2.29. The molecule has 0 aromatic heterocycles. The maximum Gasteiger partial charge on any atom is 0.0503 e. The molecule has 0 aromatic carbocycles. The highest BCUT2D eigenvalue weighted by atomic mass is 32.2. The molecule has 1 fully saturated rings. The molecular weight excluding hydrogens is 208 g/mol. The zero-order valence-electron chi connectivity index (χ0n) is 9.46. The number of hydrogen-bond donors (Lipinski definition) is 0. The van der Waals surface area contributed by atoms with Crippen molar-refractivity contribution in [3.63, 3.8) is 0 Å². The fraction of sp³-hybridized carbons (Fsp3) is 1.00. The number of unbranched alkanes of at least 4 members (excludes halogenated alkanes) is 6. The lowest BCUT2D eigenvalue weighted by Crippen LogP contribution is -1.91. The molecule has 0 atom stereocenters. The van der Waals surface area contributed by atoms with Crippen LogP contribution in [0.1, 0.15) is 58.3 Å². The molecule has 0 radical (unpaired) electrons. The van der Waals surface area contributed by atoms with E-state index in [1.54, 1.807) is 0 Å². The molecule has 0 saturated carbocycles. The Bertz CT molecular complexity index is 119. The van der Waals surface area contributed by atoms with E-state index in [0.717, 1.165) is 4.58 Å². The van der Waals surface area contributed by atoms with Gasteiger partial charge in [0, 0.05) is 11.5 Å². The molecule has 1 saturated heterocycles. The Labute approximate surface area is 98.0 Å². The molecule has 1 heterocycles. The third-order valence-corrected chi connectivity index (χ3v) is 5.90. The normalized spacial score (nSPS) is 17.8. The third kappa shape index (κ3) is 6.23. The Kier molecular flexibility index (Phi) is 8.18. The monoisotopic (exact) mass is 232 g/mol. The van der Waals surface area contributed by atoms with Crippen LogP contribution in [0.5, 0.6) is 0 Å². The SMILES string of the molecule is CCCCCCCCCC1SCCS1. The first kappa shape index (κ1) is 12.8. The summed E-state index contributed by atoms with van der Waals surface area (Å²) >= 11 is 4.35. The van der Waals surface area contributed by atoms with Crippen molar-refractivity contribution in [2.45, 2.75) is 62.9 Å². The predicted molar refractivity (Wildman–Crippen MR) is 71.3 cm³/mol. The minimum atomic E-state index is 0.950. The van der Waals surface area contributed by atoms with Crippen molar-refractivity contribution in [2.75, 3.05) is 11.5 Å². The van der Waals surface area contributed by atoms with Gasteiger partial charge in [-0.05, 0) is 6.42 Å². The highest BCUT2D eigenvalue weighted by Crippen LogP contribution is 2.35. The first-order valence-corrected chi connectivity index (χ1v) is 8.26. The largest absolute Gasteiger partial charge is 0.147 e. The number of rotatable bonds is 8. The smallest absolute Gasteiger partial charge is 0.0503 e. The van der Waals surface area contributed by atoms with Gasteiger partial charge >= 0.3 is 0 Å². The topological polar surface area (TPSA) is 0 Å². The highest BCUT2D eigenvalue weighted by Gasteiger charge is 2.14. The van der Waals surface area contributed by atoms with Crippen molar-refractivity contribution in [2.24, 2.45) is 0 Å². The van der Waals surface area contributed by atoms with Gasteiger partial charge in [-0.2, -0.15) is 0 Å². The van der Waals surface area contributed by atoms with Crippen LogP contribution in [0.2, 0.25) is 0 Å². The van der Waals surface area contributed by atoms with Crippen LogP contribution in [-0.2, 0) is 0 Å². The summed E-state index contributed by atoms with van der Waals surface area (Å²) in [6.45, 7) is 2.29. The average Bonchev–Trinajstić information content (AvgIpc) is 2.69. The second kappa shape index (κ2) is 8.96. The molecule has 84 valence electrons. The molecule has 0 spiro atoms. The van der Waals surface area contributed by atoms with Crippen LogP contribution in [-0.4, -0.2) is 16.1 Å². The minimum Gasteiger partial charge on any atom is -0.147 e. The highest BCUT2D eigenvalue weighted by molar-refractivity contribution is 8.20. The summed E-state index contributed by atoms with van der Waals surface area (Å²) in [6.07, 6.45) is 11.6. The summed E-state index contributed by atoms with van der Waals surface area (Å²) in [5, 5.41) is 0. The Morgan fingerprint density at radius 2 is 1.43 bits per heavy atom. The van der Waals surface area contributed by atoms with Crippen molar-refractivity contribution in [1.29, 1.82) is 0 Å². The van der Waals surface area contributed by atoms with Crippen molar-refractivity contribution in [3.8, 4) is 0 Å². The molecule has 2 heteroatoms. The first-order chi connectivity index (χ1) is 6.93. The molecule has 1 aliphatic heterocycles. The molecule has 0 aromatic rings. The molecule has 1 aliphatic rings. The van der Waals surface area contributed by atoms with Crippen LogP contribution in [0.4, 0.5) is 0 Å². The van der Waals surface area contributed by atoms with Crippen LogP contribution in [0.25, 0.3) is 0 Å². The minimum absolute atomic E-state index is 0.950. The third-order valence-electron chi connectivity index (χ3n) is 2.73. The van der Waals surface area contributed by atoms with Crippen molar-refractivity contribution >= 4 is 23.5 Å². The van der Waals surface area contributed by atoms with Gasteiger partial charge < -0.3 is 0 Å². The van der Waals surface area contributed by atoms with E-state index < -0.39 is 0 Å². The summed E-state index contributed by atoms with van der Waals surface area (Å²) < 4.78 is 0.950. The van der Waals surface area contributed by atoms with Gasteiger partial charge in [0.25, 0.3) is 0 Å². The molecule has 0 bridgehead atoms. The molecule has 0 amide bonds. The molecular formula is C12H24S2. The summed E-state index contributed by atoms with van der Waals surface area (Å²) in [4.78, 5) is 0. The van der Waals surface area contributed by atoms with E-state index in [4.69, 9.17) is 0 Å². The Morgan fingerprint density at radius 3 is 2.07 bits per heavy atom. The quantitative estimate of drug-likeness (QED) is 0.544. The molecule has 0 unspecified atom stereocenters. The predicted octanol–water partition coefficient (Wildman–Crippen LogP) is 4.93. The number of hydrogen-bond acceptors (Lipinski definition) is 2. The van der Waals surface area contributed by atoms with E-state index in [0.29, 0.717) is 0 Å². The second-order valence-electron chi connectivity index (χ2n) is 4.08. The van der Waals surface area contributed by atoms with Crippen LogP contribution < -0.4 is 0 Å². The van der Waals surface area contributed by atoms with Crippen LogP contribution in [0.15, 0.2) is 0 Å². The number of thioether (sulfide) groups is 2. The van der Waals surface area contributed by atoms with E-state index in [1.165, 1.54) is 62.9 Å². The maximum atomic E-state index is 2.29. The van der Waals surface area contributed by atoms with E-state index in [9.17, 15) is 0 Å². The lowest BCUT2D eigenvalue weighted by Gasteiger charge is -2.06. The second-order valence-corrected chi connectivity index (χ2v) is 7.00. The molecule has 0 N–H and O–H groups in total. The van der Waals surface area contributed by atoms with Crippen molar-refractivity contribution in [1.82, 2.24) is 0 Å². The van der Waals surface area contributed by atoms with Crippen LogP contribution >= 0.6 is 23.5 Å². The van der Waals surface area contributed by atoms with E-state index in [2.05, 4.69) is 30.4 Å². The van der Waals surface area contributed by atoms with E-state index in [-0.39, 0.29) is 0 Å². The van der Waals surface area contributed by atoms with Gasteiger partial charge in [0.2, 0.25) is 0 Å². The van der Waals surface area contributed by atoms with Gasteiger partial charge in [-0.15, -0.1) is 23.5 Å². The molecule has 0 aliphatic carbocycles. The van der Waals surface area contributed by atoms with Gasteiger partial charge in [-0.1, -0.05) is 51.9 Å². The Balaban J connectivity index is 1.75. The zero-order chi connectivity index (χ0) is 10.1. The van der Waals surface area contributed by atoms with Gasteiger partial charge in [-0.25, -0.2) is 0 Å². The standard InChI is InChI=1S/C12H24S2/c1-2-3-4-5-6-7-8-9-12-13-10-11-14-12/h12H,2-11H2,1H3. The van der Waals surface area contributed by atoms with Crippen molar-refractivity contribution < 1.29 is 0 Å². The van der Waals surface area contributed by atoms with Crippen LogP contribution in [0.3, 0.4) is 0 Å². The molecule has 14 heavy (non-hydrogen) atoms. The Morgan fingerprint density at radius 1 is 0.857 bits per heavy atom.